The molecule has 27 heavy (non-hydrogen) atoms. The van der Waals surface area contributed by atoms with Crippen LogP contribution in [0.5, 0.6) is 0 Å². The zero-order valence-corrected chi connectivity index (χ0v) is 16.9. The van der Waals surface area contributed by atoms with Crippen molar-refractivity contribution in [3.63, 3.8) is 0 Å². The van der Waals surface area contributed by atoms with Gasteiger partial charge < -0.3 is 5.32 Å². The van der Waals surface area contributed by atoms with E-state index in [0.717, 1.165) is 14.5 Å². The molecule has 1 N–H and O–H groups in total. The number of amides is 1. The maximum absolute atomic E-state index is 13.5. The van der Waals surface area contributed by atoms with E-state index >= 15 is 0 Å². The maximum Gasteiger partial charge on any atom is 0.275 e. The van der Waals surface area contributed by atoms with Gasteiger partial charge in [0.05, 0.1) is 11.1 Å². The minimum Gasteiger partial charge on any atom is -0.352 e. The highest BCUT2D eigenvalue weighted by Gasteiger charge is 2.36. The summed E-state index contributed by atoms with van der Waals surface area (Å²) in [5.74, 6) is -3.17. The van der Waals surface area contributed by atoms with Gasteiger partial charge in [0.1, 0.15) is 6.54 Å². The van der Waals surface area contributed by atoms with Crippen LogP contribution in [-0.2, 0) is 11.3 Å². The van der Waals surface area contributed by atoms with Gasteiger partial charge in [0, 0.05) is 28.7 Å². The van der Waals surface area contributed by atoms with E-state index < -0.39 is 17.9 Å². The van der Waals surface area contributed by atoms with Gasteiger partial charge in [-0.25, -0.2) is 13.5 Å². The van der Waals surface area contributed by atoms with E-state index in [-0.39, 0.29) is 30.9 Å². The lowest BCUT2D eigenvalue weighted by Gasteiger charge is -2.29. The number of nitrogens with one attached hydrogen (secondary N) is 1. The molecule has 1 amide bonds. The van der Waals surface area contributed by atoms with Gasteiger partial charge in [-0.2, -0.15) is 5.10 Å². The monoisotopic (exact) mass is 441 g/mol. The molecule has 1 fully saturated rings. The number of hydrogen-bond acceptors (Lipinski definition) is 3. The van der Waals surface area contributed by atoms with Gasteiger partial charge in [-0.1, -0.05) is 29.8 Å². The van der Waals surface area contributed by atoms with Crippen LogP contribution in [-0.4, -0.2) is 27.7 Å². The van der Waals surface area contributed by atoms with Crippen LogP contribution in [0.25, 0.3) is 10.8 Å². The SMILES string of the molecule is CC(C)c1nn(CC(=O)NC2CCCC(F)(F)C2)c(=O)c2ccc(Br)cc12. The van der Waals surface area contributed by atoms with Crippen LogP contribution in [0.1, 0.15) is 51.1 Å². The van der Waals surface area contributed by atoms with Crippen LogP contribution >= 0.6 is 15.9 Å². The predicted molar refractivity (Wildman–Crippen MR) is 103 cm³/mol. The zero-order valence-electron chi connectivity index (χ0n) is 15.3. The van der Waals surface area contributed by atoms with Crippen molar-refractivity contribution in [1.82, 2.24) is 15.1 Å². The van der Waals surface area contributed by atoms with Crippen molar-refractivity contribution in [3.05, 3.63) is 38.7 Å². The van der Waals surface area contributed by atoms with Gasteiger partial charge in [0.2, 0.25) is 11.8 Å². The molecular formula is C19H22BrF2N3O2. The molecule has 1 saturated carbocycles. The Labute approximate surface area is 164 Å². The Balaban J connectivity index is 1.86. The fraction of sp³-hybridized carbons (Fsp3) is 0.526. The Morgan fingerprint density at radius 2 is 2.15 bits per heavy atom. The fourth-order valence-corrected chi connectivity index (χ4v) is 3.88. The van der Waals surface area contributed by atoms with Crippen molar-refractivity contribution in [2.24, 2.45) is 0 Å². The summed E-state index contributed by atoms with van der Waals surface area (Å²) < 4.78 is 29.0. The third-order valence-electron chi connectivity index (χ3n) is 4.80. The molecule has 8 heteroatoms. The second kappa shape index (κ2) is 7.66. The third kappa shape index (κ3) is 4.54. The highest BCUT2D eigenvalue weighted by Crippen LogP contribution is 2.33. The first-order valence-corrected chi connectivity index (χ1v) is 9.83. The summed E-state index contributed by atoms with van der Waals surface area (Å²) in [7, 11) is 0. The summed E-state index contributed by atoms with van der Waals surface area (Å²) in [5, 5.41) is 8.23. The summed E-state index contributed by atoms with van der Waals surface area (Å²) in [5.41, 5.74) is 0.342. The number of fused-ring (bicyclic) bond motifs is 1. The van der Waals surface area contributed by atoms with Gasteiger partial charge in [-0.15, -0.1) is 0 Å². The van der Waals surface area contributed by atoms with Gasteiger partial charge in [-0.05, 0) is 37.0 Å². The quantitative estimate of drug-likeness (QED) is 0.780. The van der Waals surface area contributed by atoms with Crippen molar-refractivity contribution in [1.29, 1.82) is 0 Å². The second-order valence-electron chi connectivity index (χ2n) is 7.41. The number of benzene rings is 1. The van der Waals surface area contributed by atoms with Crippen LogP contribution in [0, 0.1) is 0 Å². The molecule has 0 aliphatic heterocycles. The molecule has 2 aromatic rings. The Morgan fingerprint density at radius 1 is 1.41 bits per heavy atom. The van der Waals surface area contributed by atoms with Gasteiger partial charge in [0.25, 0.3) is 5.56 Å². The average molecular weight is 442 g/mol. The smallest absolute Gasteiger partial charge is 0.275 e. The number of carbonyl (C=O) groups is 1. The van der Waals surface area contributed by atoms with Crippen molar-refractivity contribution in [3.8, 4) is 0 Å². The summed E-state index contributed by atoms with van der Waals surface area (Å²) in [4.78, 5) is 25.1. The molecule has 1 atom stereocenters. The molecule has 0 bridgehead atoms. The number of halogens is 3. The van der Waals surface area contributed by atoms with E-state index in [0.29, 0.717) is 23.9 Å². The summed E-state index contributed by atoms with van der Waals surface area (Å²) in [6.07, 6.45) is 0.396. The van der Waals surface area contributed by atoms with Crippen molar-refractivity contribution < 1.29 is 13.6 Å². The number of alkyl halides is 2. The van der Waals surface area contributed by atoms with E-state index in [1.165, 1.54) is 0 Å². The van der Waals surface area contributed by atoms with E-state index in [4.69, 9.17) is 0 Å². The molecule has 1 aromatic carbocycles. The number of hydrogen-bond donors (Lipinski definition) is 1. The normalized spacial score (nSPS) is 19.4. The number of nitrogens with zero attached hydrogens (tertiary/aromatic N) is 2. The number of aromatic nitrogens is 2. The van der Waals surface area contributed by atoms with Crippen molar-refractivity contribution >= 4 is 32.6 Å². The topological polar surface area (TPSA) is 64.0 Å². The van der Waals surface area contributed by atoms with Crippen LogP contribution in [0.4, 0.5) is 8.78 Å². The summed E-state index contributed by atoms with van der Waals surface area (Å²) in [6.45, 7) is 3.63. The molecule has 1 aliphatic carbocycles. The maximum atomic E-state index is 13.5. The lowest BCUT2D eigenvalue weighted by atomic mass is 9.92. The standard InChI is InChI=1S/C19H22BrF2N3O2/c1-11(2)17-15-8-12(20)5-6-14(15)18(27)25(24-17)10-16(26)23-13-4-3-7-19(21,22)9-13/h5-6,8,11,13H,3-4,7,9-10H2,1-2H3,(H,23,26). The molecule has 1 unspecified atom stereocenters. The molecule has 1 aliphatic rings. The number of carbonyl (C=O) groups excluding carboxylic acids is 1. The van der Waals surface area contributed by atoms with Crippen LogP contribution < -0.4 is 10.9 Å². The molecule has 1 aromatic heterocycles. The van der Waals surface area contributed by atoms with Crippen molar-refractivity contribution in [2.45, 2.75) is 64.0 Å². The Hall–Kier alpha value is -1.83. The average Bonchev–Trinajstić information content (AvgIpc) is 2.56. The lowest BCUT2D eigenvalue weighted by molar-refractivity contribution is -0.124. The molecule has 5 nitrogen and oxygen atoms in total. The van der Waals surface area contributed by atoms with E-state index in [1.807, 2.05) is 19.9 Å². The molecule has 1 heterocycles. The molecule has 0 spiro atoms. The third-order valence-corrected chi connectivity index (χ3v) is 5.29. The van der Waals surface area contributed by atoms with Gasteiger partial charge >= 0.3 is 0 Å². The first-order chi connectivity index (χ1) is 12.7. The number of rotatable bonds is 4. The zero-order chi connectivity index (χ0) is 19.8. The summed E-state index contributed by atoms with van der Waals surface area (Å²) >= 11 is 3.40. The van der Waals surface area contributed by atoms with Crippen LogP contribution in [0.15, 0.2) is 27.5 Å². The predicted octanol–water partition coefficient (Wildman–Crippen LogP) is 3.98. The highest BCUT2D eigenvalue weighted by molar-refractivity contribution is 9.10. The van der Waals surface area contributed by atoms with Crippen LogP contribution in [0.3, 0.4) is 0 Å². The lowest BCUT2D eigenvalue weighted by Crippen LogP contribution is -2.44. The molecule has 146 valence electrons. The summed E-state index contributed by atoms with van der Waals surface area (Å²) in [6, 6.07) is 4.74. The van der Waals surface area contributed by atoms with E-state index in [1.54, 1.807) is 12.1 Å². The minimum atomic E-state index is -2.74. The van der Waals surface area contributed by atoms with E-state index in [9.17, 15) is 18.4 Å². The van der Waals surface area contributed by atoms with Gasteiger partial charge in [-0.3, -0.25) is 9.59 Å². The highest BCUT2D eigenvalue weighted by atomic mass is 79.9. The molecule has 3 rings (SSSR count). The minimum absolute atomic E-state index is 0.0498. The second-order valence-corrected chi connectivity index (χ2v) is 8.33. The molecular weight excluding hydrogens is 420 g/mol. The first kappa shape index (κ1) is 19.9. The largest absolute Gasteiger partial charge is 0.352 e. The Bertz CT molecular complexity index is 927. The van der Waals surface area contributed by atoms with Crippen molar-refractivity contribution in [2.75, 3.05) is 0 Å². The van der Waals surface area contributed by atoms with Crippen LogP contribution in [0.2, 0.25) is 0 Å². The Kier molecular flexibility index (Phi) is 5.65. The van der Waals surface area contributed by atoms with E-state index in [2.05, 4.69) is 26.3 Å². The first-order valence-electron chi connectivity index (χ1n) is 9.04. The Morgan fingerprint density at radius 3 is 2.81 bits per heavy atom. The van der Waals surface area contributed by atoms with Gasteiger partial charge in [0.15, 0.2) is 0 Å². The fourth-order valence-electron chi connectivity index (χ4n) is 3.52. The molecule has 0 radical (unpaired) electrons. The molecule has 0 saturated heterocycles.